The summed E-state index contributed by atoms with van der Waals surface area (Å²) in [5.41, 5.74) is 0.790. The smallest absolute Gasteiger partial charge is 0.140 e. The number of hydrogen-bond donors (Lipinski definition) is 0. The average molecular weight is 231 g/mol. The van der Waals surface area contributed by atoms with E-state index in [2.05, 4.69) is 0 Å². The largest absolute Gasteiger partial charge is 0.467 e. The van der Waals surface area contributed by atoms with Crippen LogP contribution in [0.5, 0.6) is 0 Å². The molecule has 0 bridgehead atoms. The summed E-state index contributed by atoms with van der Waals surface area (Å²) in [7, 11) is 0. The highest BCUT2D eigenvalue weighted by Gasteiger charge is 2.03. The summed E-state index contributed by atoms with van der Waals surface area (Å²) >= 11 is 0. The predicted molar refractivity (Wildman–Crippen MR) is 58.3 cm³/mol. The van der Waals surface area contributed by atoms with Crippen molar-refractivity contribution in [3.8, 4) is 6.07 Å². The molecule has 0 amide bonds. The number of nitriles is 1. The highest BCUT2D eigenvalue weighted by molar-refractivity contribution is 5.34. The Balaban J connectivity index is 1.93. The number of hydrogen-bond acceptors (Lipinski definition) is 3. The number of ether oxygens (including phenoxy) is 1. The Labute approximate surface area is 98.0 Å². The third kappa shape index (κ3) is 2.92. The topological polar surface area (TPSA) is 46.2 Å². The fraction of sp³-hybridized carbons (Fsp3) is 0.154. The van der Waals surface area contributed by atoms with Gasteiger partial charge < -0.3 is 9.15 Å². The zero-order valence-corrected chi connectivity index (χ0v) is 9.02. The summed E-state index contributed by atoms with van der Waals surface area (Å²) in [4.78, 5) is 0. The third-order valence-electron chi connectivity index (χ3n) is 2.24. The minimum Gasteiger partial charge on any atom is -0.467 e. The Morgan fingerprint density at radius 3 is 2.88 bits per heavy atom. The van der Waals surface area contributed by atoms with E-state index in [1.54, 1.807) is 24.5 Å². The van der Waals surface area contributed by atoms with Crippen LogP contribution in [0, 0.1) is 17.1 Å². The summed E-state index contributed by atoms with van der Waals surface area (Å²) in [5, 5.41) is 8.67. The lowest BCUT2D eigenvalue weighted by molar-refractivity contribution is 0.0929. The maximum Gasteiger partial charge on any atom is 0.140 e. The maximum atomic E-state index is 13.0. The molecule has 0 radical (unpaired) electrons. The first-order valence-electron chi connectivity index (χ1n) is 5.08. The second-order valence-electron chi connectivity index (χ2n) is 3.50. The molecule has 17 heavy (non-hydrogen) atoms. The first-order chi connectivity index (χ1) is 8.29. The van der Waals surface area contributed by atoms with Gasteiger partial charge in [0.15, 0.2) is 0 Å². The predicted octanol–water partition coefficient (Wildman–Crippen LogP) is 3.01. The van der Waals surface area contributed by atoms with Crippen molar-refractivity contribution in [2.45, 2.75) is 13.2 Å². The van der Waals surface area contributed by atoms with Gasteiger partial charge in [-0.15, -0.1) is 0 Å². The molecule has 1 aromatic heterocycles. The molecule has 86 valence electrons. The van der Waals surface area contributed by atoms with Crippen LogP contribution in [0.4, 0.5) is 4.39 Å². The standard InChI is InChI=1S/C13H10FNO2/c14-13-4-3-10(6-11(13)7-15)8-16-9-12-2-1-5-17-12/h1-6H,8-9H2. The van der Waals surface area contributed by atoms with Crippen molar-refractivity contribution in [2.24, 2.45) is 0 Å². The van der Waals surface area contributed by atoms with E-state index in [1.165, 1.54) is 12.1 Å². The van der Waals surface area contributed by atoms with Crippen LogP contribution < -0.4 is 0 Å². The van der Waals surface area contributed by atoms with E-state index < -0.39 is 5.82 Å². The van der Waals surface area contributed by atoms with Crippen LogP contribution >= 0.6 is 0 Å². The van der Waals surface area contributed by atoms with Gasteiger partial charge in [0, 0.05) is 0 Å². The van der Waals surface area contributed by atoms with Crippen molar-refractivity contribution in [3.63, 3.8) is 0 Å². The van der Waals surface area contributed by atoms with Crippen molar-refractivity contribution in [1.82, 2.24) is 0 Å². The lowest BCUT2D eigenvalue weighted by atomic mass is 10.1. The Morgan fingerprint density at radius 2 is 2.18 bits per heavy atom. The Bertz CT molecular complexity index is 529. The van der Waals surface area contributed by atoms with Crippen LogP contribution in [0.15, 0.2) is 41.0 Å². The summed E-state index contributed by atoms with van der Waals surface area (Å²) < 4.78 is 23.5. The zero-order chi connectivity index (χ0) is 12.1. The van der Waals surface area contributed by atoms with Crippen LogP contribution in [-0.4, -0.2) is 0 Å². The van der Waals surface area contributed by atoms with Crippen LogP contribution in [0.25, 0.3) is 0 Å². The molecule has 4 heteroatoms. The molecule has 0 N–H and O–H groups in total. The first-order valence-corrected chi connectivity index (χ1v) is 5.08. The molecule has 1 aromatic carbocycles. The van der Waals surface area contributed by atoms with E-state index in [0.29, 0.717) is 13.2 Å². The van der Waals surface area contributed by atoms with Gasteiger partial charge in [-0.1, -0.05) is 6.07 Å². The molecule has 0 spiro atoms. The molecule has 2 rings (SSSR count). The van der Waals surface area contributed by atoms with Gasteiger partial charge in [0.05, 0.1) is 18.4 Å². The van der Waals surface area contributed by atoms with Crippen LogP contribution in [0.2, 0.25) is 0 Å². The van der Waals surface area contributed by atoms with Crippen LogP contribution in [0.3, 0.4) is 0 Å². The van der Waals surface area contributed by atoms with Gasteiger partial charge in [-0.2, -0.15) is 5.26 Å². The molecule has 0 fully saturated rings. The van der Waals surface area contributed by atoms with Crippen molar-refractivity contribution in [1.29, 1.82) is 5.26 Å². The van der Waals surface area contributed by atoms with E-state index in [1.807, 2.05) is 6.07 Å². The highest BCUT2D eigenvalue weighted by Crippen LogP contribution is 2.11. The van der Waals surface area contributed by atoms with Gasteiger partial charge in [-0.25, -0.2) is 4.39 Å². The Kier molecular flexibility index (Phi) is 3.53. The minimum absolute atomic E-state index is 0.0316. The van der Waals surface area contributed by atoms with Crippen molar-refractivity contribution < 1.29 is 13.5 Å². The molecule has 0 saturated carbocycles. The monoisotopic (exact) mass is 231 g/mol. The lowest BCUT2D eigenvalue weighted by Gasteiger charge is -2.03. The van der Waals surface area contributed by atoms with E-state index in [0.717, 1.165) is 11.3 Å². The number of benzene rings is 1. The van der Waals surface area contributed by atoms with Gasteiger partial charge in [-0.05, 0) is 29.8 Å². The summed E-state index contributed by atoms with van der Waals surface area (Å²) in [5.74, 6) is 0.218. The second-order valence-corrected chi connectivity index (χ2v) is 3.50. The molecule has 1 heterocycles. The van der Waals surface area contributed by atoms with E-state index >= 15 is 0 Å². The van der Waals surface area contributed by atoms with Crippen molar-refractivity contribution in [2.75, 3.05) is 0 Å². The number of nitrogens with zero attached hydrogens (tertiary/aromatic N) is 1. The van der Waals surface area contributed by atoms with Gasteiger partial charge in [0.1, 0.15) is 24.3 Å². The molecule has 0 aliphatic heterocycles. The van der Waals surface area contributed by atoms with E-state index in [4.69, 9.17) is 14.4 Å². The molecule has 0 saturated heterocycles. The highest BCUT2D eigenvalue weighted by atomic mass is 19.1. The quantitative estimate of drug-likeness (QED) is 0.812. The molecule has 0 atom stereocenters. The first kappa shape index (κ1) is 11.4. The van der Waals surface area contributed by atoms with Crippen molar-refractivity contribution >= 4 is 0 Å². The number of halogens is 1. The summed E-state index contributed by atoms with van der Waals surface area (Å²) in [6.45, 7) is 0.669. The molecule has 3 nitrogen and oxygen atoms in total. The molecule has 2 aromatic rings. The summed E-state index contributed by atoms with van der Waals surface area (Å²) in [6, 6.07) is 9.73. The lowest BCUT2D eigenvalue weighted by Crippen LogP contribution is -1.95. The maximum absolute atomic E-state index is 13.0. The van der Waals surface area contributed by atoms with E-state index in [9.17, 15) is 4.39 Å². The normalized spacial score (nSPS) is 10.1. The van der Waals surface area contributed by atoms with Gasteiger partial charge >= 0.3 is 0 Å². The van der Waals surface area contributed by atoms with Crippen LogP contribution in [-0.2, 0) is 18.0 Å². The zero-order valence-electron chi connectivity index (χ0n) is 9.02. The van der Waals surface area contributed by atoms with Gasteiger partial charge in [-0.3, -0.25) is 0 Å². The average Bonchev–Trinajstić information content (AvgIpc) is 2.84. The molecular formula is C13H10FNO2. The van der Waals surface area contributed by atoms with E-state index in [-0.39, 0.29) is 5.56 Å². The summed E-state index contributed by atoms with van der Waals surface area (Å²) in [6.07, 6.45) is 1.57. The number of rotatable bonds is 4. The Hall–Kier alpha value is -2.12. The second kappa shape index (κ2) is 5.28. The van der Waals surface area contributed by atoms with Crippen LogP contribution in [0.1, 0.15) is 16.9 Å². The van der Waals surface area contributed by atoms with Crippen molar-refractivity contribution in [3.05, 3.63) is 59.3 Å². The molecule has 0 aliphatic rings. The molecule has 0 unspecified atom stereocenters. The van der Waals surface area contributed by atoms with Gasteiger partial charge in [0.2, 0.25) is 0 Å². The Morgan fingerprint density at radius 1 is 1.29 bits per heavy atom. The molecule has 0 aliphatic carbocycles. The minimum atomic E-state index is -0.512. The fourth-order valence-electron chi connectivity index (χ4n) is 1.41. The third-order valence-corrected chi connectivity index (χ3v) is 2.24. The SMILES string of the molecule is N#Cc1cc(COCc2ccco2)ccc1F. The number of furan rings is 1. The van der Waals surface area contributed by atoms with Gasteiger partial charge in [0.25, 0.3) is 0 Å². The fourth-order valence-corrected chi connectivity index (χ4v) is 1.41. The molecular weight excluding hydrogens is 221 g/mol.